The number of imide groups is 1. The number of likely N-dealkylation sites (tertiary alicyclic amines) is 1. The van der Waals surface area contributed by atoms with Crippen LogP contribution in [-0.4, -0.2) is 54.8 Å². The second-order valence-corrected chi connectivity index (χ2v) is 7.04. The summed E-state index contributed by atoms with van der Waals surface area (Å²) in [5.74, 6) is -3.37. The fourth-order valence-electron chi connectivity index (χ4n) is 3.47. The van der Waals surface area contributed by atoms with Crippen LogP contribution in [0.4, 0.5) is 0 Å². The van der Waals surface area contributed by atoms with Crippen molar-refractivity contribution in [1.29, 1.82) is 0 Å². The van der Waals surface area contributed by atoms with E-state index < -0.39 is 42.8 Å². The number of rotatable bonds is 7. The summed E-state index contributed by atoms with van der Waals surface area (Å²) in [7, 11) is 1.29. The Morgan fingerprint density at radius 3 is 2.20 bits per heavy atom. The molecule has 3 rings (SSSR count). The first kappa shape index (κ1) is 21.2. The van der Waals surface area contributed by atoms with Crippen molar-refractivity contribution >= 4 is 29.7 Å². The minimum absolute atomic E-state index is 0.178. The maximum absolute atomic E-state index is 12.3. The average Bonchev–Trinajstić information content (AvgIpc) is 3.01. The third-order valence-electron chi connectivity index (χ3n) is 5.12. The van der Waals surface area contributed by atoms with Crippen LogP contribution in [0.15, 0.2) is 36.4 Å². The molecule has 30 heavy (non-hydrogen) atoms. The van der Waals surface area contributed by atoms with E-state index in [2.05, 4.69) is 10.1 Å². The zero-order chi connectivity index (χ0) is 21.7. The van der Waals surface area contributed by atoms with E-state index in [0.29, 0.717) is 18.4 Å². The van der Waals surface area contributed by atoms with Crippen molar-refractivity contribution in [3.05, 3.63) is 47.5 Å². The van der Waals surface area contributed by atoms with Crippen LogP contribution in [0.5, 0.6) is 0 Å². The van der Waals surface area contributed by atoms with Crippen LogP contribution in [0.3, 0.4) is 0 Å². The number of nitrogens with zero attached hydrogens (tertiary/aromatic N) is 1. The first-order chi connectivity index (χ1) is 14.4. The maximum atomic E-state index is 12.3. The van der Waals surface area contributed by atoms with E-state index in [-0.39, 0.29) is 18.4 Å². The molecule has 9 heteroatoms. The fourth-order valence-corrected chi connectivity index (χ4v) is 3.47. The molecule has 1 aromatic carbocycles. The molecule has 9 nitrogen and oxygen atoms in total. The van der Waals surface area contributed by atoms with E-state index in [1.165, 1.54) is 7.11 Å². The van der Waals surface area contributed by atoms with E-state index in [0.717, 1.165) is 10.5 Å². The van der Waals surface area contributed by atoms with Gasteiger partial charge in [-0.05, 0) is 30.5 Å². The second kappa shape index (κ2) is 9.34. The SMILES string of the molecule is COC(=O)c1ccc(CNC(=O)COC(=O)CN2C(=O)[C@@H]3CC=CC[C@H]3C2=O)cc1. The van der Waals surface area contributed by atoms with Gasteiger partial charge in [-0.3, -0.25) is 24.1 Å². The van der Waals surface area contributed by atoms with Crippen molar-refractivity contribution in [1.82, 2.24) is 10.2 Å². The Labute approximate surface area is 173 Å². The number of allylic oxidation sites excluding steroid dienone is 2. The van der Waals surface area contributed by atoms with Crippen LogP contribution >= 0.6 is 0 Å². The molecule has 1 N–H and O–H groups in total. The monoisotopic (exact) mass is 414 g/mol. The van der Waals surface area contributed by atoms with Gasteiger partial charge in [0.25, 0.3) is 5.91 Å². The molecule has 0 radical (unpaired) electrons. The zero-order valence-corrected chi connectivity index (χ0v) is 16.5. The van der Waals surface area contributed by atoms with Gasteiger partial charge in [0.15, 0.2) is 6.61 Å². The predicted octanol–water partition coefficient (Wildman–Crippen LogP) is 0.584. The Kier molecular flexibility index (Phi) is 6.61. The van der Waals surface area contributed by atoms with Crippen LogP contribution in [0.1, 0.15) is 28.8 Å². The molecule has 0 saturated carbocycles. The molecule has 158 valence electrons. The van der Waals surface area contributed by atoms with Crippen molar-refractivity contribution < 1.29 is 33.4 Å². The maximum Gasteiger partial charge on any atom is 0.337 e. The number of benzene rings is 1. The predicted molar refractivity (Wildman–Crippen MR) is 103 cm³/mol. The number of hydrogen-bond acceptors (Lipinski definition) is 7. The first-order valence-corrected chi connectivity index (χ1v) is 9.50. The molecular formula is C21H22N2O7. The van der Waals surface area contributed by atoms with Crippen LogP contribution in [0.25, 0.3) is 0 Å². The lowest BCUT2D eigenvalue weighted by molar-refractivity contribution is -0.154. The van der Waals surface area contributed by atoms with E-state index in [9.17, 15) is 24.0 Å². The summed E-state index contributed by atoms with van der Waals surface area (Å²) in [4.78, 5) is 60.8. The number of ether oxygens (including phenoxy) is 2. The van der Waals surface area contributed by atoms with Gasteiger partial charge in [-0.15, -0.1) is 0 Å². The number of methoxy groups -OCH3 is 1. The minimum atomic E-state index is -0.819. The summed E-state index contributed by atoms with van der Waals surface area (Å²) in [6.07, 6.45) is 4.70. The van der Waals surface area contributed by atoms with E-state index in [4.69, 9.17) is 4.74 Å². The molecule has 1 aliphatic carbocycles. The van der Waals surface area contributed by atoms with Gasteiger partial charge in [0.05, 0.1) is 24.5 Å². The zero-order valence-electron chi connectivity index (χ0n) is 16.5. The Morgan fingerprint density at radius 2 is 1.63 bits per heavy atom. The van der Waals surface area contributed by atoms with E-state index in [1.807, 2.05) is 12.2 Å². The topological polar surface area (TPSA) is 119 Å². The summed E-state index contributed by atoms with van der Waals surface area (Å²) < 4.78 is 9.51. The largest absolute Gasteiger partial charge is 0.465 e. The van der Waals surface area contributed by atoms with Crippen LogP contribution in [0, 0.1) is 11.8 Å². The van der Waals surface area contributed by atoms with E-state index >= 15 is 0 Å². The lowest BCUT2D eigenvalue weighted by Crippen LogP contribution is -2.38. The van der Waals surface area contributed by atoms with Crippen LogP contribution in [0.2, 0.25) is 0 Å². The van der Waals surface area contributed by atoms with Gasteiger partial charge in [-0.25, -0.2) is 4.79 Å². The Hall–Kier alpha value is -3.49. The number of fused-ring (bicyclic) bond motifs is 1. The smallest absolute Gasteiger partial charge is 0.337 e. The quantitative estimate of drug-likeness (QED) is 0.394. The van der Waals surface area contributed by atoms with Crippen molar-refractivity contribution in [3.8, 4) is 0 Å². The second-order valence-electron chi connectivity index (χ2n) is 7.04. The third kappa shape index (κ3) is 4.73. The molecule has 0 aromatic heterocycles. The first-order valence-electron chi connectivity index (χ1n) is 9.50. The molecule has 2 atom stereocenters. The standard InChI is InChI=1S/C21H22N2O7/c1-29-21(28)14-8-6-13(7-9-14)10-22-17(24)12-30-18(25)11-23-19(26)15-4-2-3-5-16(15)20(23)27/h2-3,6-9,15-16H,4-5,10-12H2,1H3,(H,22,24)/t15-,16-/m1/s1. The minimum Gasteiger partial charge on any atom is -0.465 e. The van der Waals surface area contributed by atoms with Gasteiger partial charge in [-0.1, -0.05) is 24.3 Å². The molecule has 1 heterocycles. The fraction of sp³-hybridized carbons (Fsp3) is 0.381. The summed E-state index contributed by atoms with van der Waals surface area (Å²) in [5, 5.41) is 2.58. The van der Waals surface area contributed by atoms with Crippen LogP contribution < -0.4 is 5.32 Å². The highest BCUT2D eigenvalue weighted by atomic mass is 16.5. The molecule has 2 aliphatic rings. The molecular weight excluding hydrogens is 392 g/mol. The average molecular weight is 414 g/mol. The van der Waals surface area contributed by atoms with Gasteiger partial charge in [0.1, 0.15) is 6.54 Å². The Morgan fingerprint density at radius 1 is 1.03 bits per heavy atom. The molecule has 1 aliphatic heterocycles. The van der Waals surface area contributed by atoms with Crippen molar-refractivity contribution in [2.24, 2.45) is 11.8 Å². The van der Waals surface area contributed by atoms with Crippen molar-refractivity contribution in [2.75, 3.05) is 20.3 Å². The van der Waals surface area contributed by atoms with Gasteiger partial charge in [0, 0.05) is 6.54 Å². The number of amides is 3. The summed E-state index contributed by atoms with van der Waals surface area (Å²) in [5.41, 5.74) is 1.13. The number of carbonyl (C=O) groups excluding carboxylic acids is 5. The number of esters is 2. The normalized spacial score (nSPS) is 20.0. The molecule has 0 bridgehead atoms. The van der Waals surface area contributed by atoms with Gasteiger partial charge >= 0.3 is 11.9 Å². The Balaban J connectivity index is 1.41. The molecule has 1 aromatic rings. The molecule has 0 unspecified atom stereocenters. The molecule has 1 fully saturated rings. The highest BCUT2D eigenvalue weighted by Gasteiger charge is 2.47. The molecule has 0 spiro atoms. The van der Waals surface area contributed by atoms with Crippen molar-refractivity contribution in [2.45, 2.75) is 19.4 Å². The summed E-state index contributed by atoms with van der Waals surface area (Å²) >= 11 is 0. The summed E-state index contributed by atoms with van der Waals surface area (Å²) in [6, 6.07) is 6.48. The highest BCUT2D eigenvalue weighted by molar-refractivity contribution is 6.07. The highest BCUT2D eigenvalue weighted by Crippen LogP contribution is 2.34. The van der Waals surface area contributed by atoms with Gasteiger partial charge < -0.3 is 14.8 Å². The third-order valence-corrected chi connectivity index (χ3v) is 5.12. The lowest BCUT2D eigenvalue weighted by Gasteiger charge is -2.14. The van der Waals surface area contributed by atoms with Crippen molar-refractivity contribution in [3.63, 3.8) is 0 Å². The Bertz CT molecular complexity index is 865. The van der Waals surface area contributed by atoms with Crippen LogP contribution in [-0.2, 0) is 35.2 Å². The summed E-state index contributed by atoms with van der Waals surface area (Å²) in [6.45, 7) is -0.839. The van der Waals surface area contributed by atoms with E-state index in [1.54, 1.807) is 24.3 Å². The number of hydrogen-bond donors (Lipinski definition) is 1. The van der Waals surface area contributed by atoms with Gasteiger partial charge in [0.2, 0.25) is 11.8 Å². The molecule has 3 amide bonds. The molecule has 1 saturated heterocycles. The number of nitrogens with one attached hydrogen (secondary N) is 1. The lowest BCUT2D eigenvalue weighted by atomic mass is 9.85. The van der Waals surface area contributed by atoms with Gasteiger partial charge in [-0.2, -0.15) is 0 Å². The number of carbonyl (C=O) groups is 5.